The van der Waals surface area contributed by atoms with Crippen molar-refractivity contribution in [3.8, 4) is 0 Å². The van der Waals surface area contributed by atoms with Crippen molar-refractivity contribution >= 4 is 0 Å². The molecule has 0 spiro atoms. The molecular formula is C16H23N. The molecule has 1 nitrogen and oxygen atoms in total. The summed E-state index contributed by atoms with van der Waals surface area (Å²) >= 11 is 0. The molecule has 0 bridgehead atoms. The smallest absolute Gasteiger partial charge is 0.0136 e. The Kier molecular flexibility index (Phi) is 3.19. The van der Waals surface area contributed by atoms with Crippen molar-refractivity contribution in [1.29, 1.82) is 0 Å². The van der Waals surface area contributed by atoms with E-state index in [1.807, 2.05) is 0 Å². The van der Waals surface area contributed by atoms with E-state index in [1.165, 1.54) is 38.5 Å². The van der Waals surface area contributed by atoms with Gasteiger partial charge in [-0.15, -0.1) is 0 Å². The van der Waals surface area contributed by atoms with Gasteiger partial charge in [-0.1, -0.05) is 43.5 Å². The molecule has 1 aromatic carbocycles. The highest BCUT2D eigenvalue weighted by Crippen LogP contribution is 2.39. The topological polar surface area (TPSA) is 12.0 Å². The fourth-order valence-corrected chi connectivity index (χ4v) is 3.58. The van der Waals surface area contributed by atoms with E-state index in [4.69, 9.17) is 0 Å². The van der Waals surface area contributed by atoms with E-state index >= 15 is 0 Å². The first-order valence-corrected chi connectivity index (χ1v) is 7.13. The number of hydrogen-bond acceptors (Lipinski definition) is 1. The van der Waals surface area contributed by atoms with Crippen LogP contribution in [0.2, 0.25) is 0 Å². The van der Waals surface area contributed by atoms with E-state index in [1.54, 1.807) is 11.1 Å². The minimum atomic E-state index is 0.698. The summed E-state index contributed by atoms with van der Waals surface area (Å²) in [7, 11) is 2.14. The summed E-state index contributed by atoms with van der Waals surface area (Å²) in [5.41, 5.74) is 3.21. The van der Waals surface area contributed by atoms with E-state index < -0.39 is 0 Å². The molecule has 0 radical (unpaired) electrons. The molecule has 3 rings (SSSR count). The van der Waals surface area contributed by atoms with Gasteiger partial charge < -0.3 is 5.32 Å². The molecule has 0 saturated heterocycles. The van der Waals surface area contributed by atoms with Gasteiger partial charge in [0.2, 0.25) is 0 Å². The van der Waals surface area contributed by atoms with Gasteiger partial charge in [-0.3, -0.25) is 0 Å². The van der Waals surface area contributed by atoms with Crippen molar-refractivity contribution < 1.29 is 0 Å². The highest BCUT2D eigenvalue weighted by Gasteiger charge is 2.31. The van der Waals surface area contributed by atoms with Crippen LogP contribution in [-0.4, -0.2) is 13.1 Å². The molecule has 1 saturated carbocycles. The van der Waals surface area contributed by atoms with E-state index in [9.17, 15) is 0 Å². The van der Waals surface area contributed by atoms with Crippen LogP contribution in [0.15, 0.2) is 24.3 Å². The second kappa shape index (κ2) is 4.81. The van der Waals surface area contributed by atoms with Crippen LogP contribution in [-0.2, 0) is 6.42 Å². The van der Waals surface area contributed by atoms with Crippen molar-refractivity contribution in [3.63, 3.8) is 0 Å². The summed E-state index contributed by atoms with van der Waals surface area (Å²) in [5.74, 6) is 1.76. The largest absolute Gasteiger partial charge is 0.316 e. The Hall–Kier alpha value is -0.820. The zero-order valence-corrected chi connectivity index (χ0v) is 10.8. The van der Waals surface area contributed by atoms with Gasteiger partial charge in [0.15, 0.2) is 0 Å². The minimum absolute atomic E-state index is 0.698. The van der Waals surface area contributed by atoms with Crippen LogP contribution in [0.1, 0.15) is 49.1 Å². The monoisotopic (exact) mass is 229 g/mol. The number of nitrogens with one attached hydrogen (secondary N) is 1. The van der Waals surface area contributed by atoms with Crippen molar-refractivity contribution in [2.24, 2.45) is 5.92 Å². The zero-order chi connectivity index (χ0) is 11.7. The van der Waals surface area contributed by atoms with Gasteiger partial charge in [0.05, 0.1) is 0 Å². The molecule has 0 aromatic heterocycles. The lowest BCUT2D eigenvalue weighted by Crippen LogP contribution is -2.34. The summed E-state index contributed by atoms with van der Waals surface area (Å²) < 4.78 is 0. The first-order chi connectivity index (χ1) is 8.38. The molecule has 2 aliphatic rings. The number of fused-ring (bicyclic) bond motifs is 1. The highest BCUT2D eigenvalue weighted by molar-refractivity contribution is 5.36. The molecule has 1 heteroatoms. The van der Waals surface area contributed by atoms with Crippen LogP contribution in [0.3, 0.4) is 0 Å². The molecule has 1 fully saturated rings. The number of benzene rings is 1. The van der Waals surface area contributed by atoms with E-state index in [2.05, 4.69) is 36.6 Å². The van der Waals surface area contributed by atoms with Gasteiger partial charge in [-0.05, 0) is 49.3 Å². The molecule has 1 N–H and O–H groups in total. The average molecular weight is 229 g/mol. The maximum atomic E-state index is 3.58. The Morgan fingerprint density at radius 3 is 2.76 bits per heavy atom. The number of hydrogen-bond donors (Lipinski definition) is 1. The van der Waals surface area contributed by atoms with E-state index in [0.717, 1.165) is 11.8 Å². The van der Waals surface area contributed by atoms with E-state index in [0.29, 0.717) is 6.04 Å². The third-order valence-corrected chi connectivity index (χ3v) is 4.85. The van der Waals surface area contributed by atoms with Crippen molar-refractivity contribution in [3.05, 3.63) is 35.4 Å². The Balaban J connectivity index is 1.74. The molecule has 0 amide bonds. The lowest BCUT2D eigenvalue weighted by atomic mass is 9.77. The lowest BCUT2D eigenvalue weighted by molar-refractivity contribution is 0.248. The summed E-state index contributed by atoms with van der Waals surface area (Å²) in [5, 5.41) is 3.58. The Morgan fingerprint density at radius 2 is 2.06 bits per heavy atom. The number of aryl methyl sites for hydroxylation is 1. The molecule has 0 heterocycles. The molecule has 0 aliphatic heterocycles. The summed E-state index contributed by atoms with van der Waals surface area (Å²) in [6, 6.07) is 9.74. The molecule has 2 unspecified atom stereocenters. The molecule has 2 atom stereocenters. The molecule has 1 aromatic rings. The Labute approximate surface area is 105 Å². The van der Waals surface area contributed by atoms with Gasteiger partial charge in [0, 0.05) is 6.04 Å². The first kappa shape index (κ1) is 11.3. The first-order valence-electron chi connectivity index (χ1n) is 7.13. The third kappa shape index (κ3) is 2.13. The fraction of sp³-hybridized carbons (Fsp3) is 0.625. The van der Waals surface area contributed by atoms with Gasteiger partial charge in [0.25, 0.3) is 0 Å². The molecule has 17 heavy (non-hydrogen) atoms. The normalized spacial score (nSPS) is 25.4. The second-order valence-corrected chi connectivity index (χ2v) is 5.77. The van der Waals surface area contributed by atoms with Crippen molar-refractivity contribution in [2.75, 3.05) is 7.05 Å². The third-order valence-electron chi connectivity index (χ3n) is 4.85. The fourth-order valence-electron chi connectivity index (χ4n) is 3.58. The van der Waals surface area contributed by atoms with Crippen LogP contribution in [0.5, 0.6) is 0 Å². The minimum Gasteiger partial charge on any atom is -0.316 e. The van der Waals surface area contributed by atoms with Crippen LogP contribution >= 0.6 is 0 Å². The van der Waals surface area contributed by atoms with Crippen LogP contribution in [0.4, 0.5) is 0 Å². The lowest BCUT2D eigenvalue weighted by Gasteiger charge is -2.32. The molecule has 92 valence electrons. The Morgan fingerprint density at radius 1 is 1.24 bits per heavy atom. The Bertz CT molecular complexity index is 381. The summed E-state index contributed by atoms with van der Waals surface area (Å²) in [4.78, 5) is 0. The maximum absolute atomic E-state index is 3.58. The summed E-state index contributed by atoms with van der Waals surface area (Å²) in [6.45, 7) is 0. The zero-order valence-electron chi connectivity index (χ0n) is 10.8. The van der Waals surface area contributed by atoms with Crippen LogP contribution < -0.4 is 5.32 Å². The number of rotatable bonds is 4. The van der Waals surface area contributed by atoms with Crippen LogP contribution in [0, 0.1) is 5.92 Å². The highest BCUT2D eigenvalue weighted by atomic mass is 14.9. The average Bonchev–Trinajstić information content (AvgIpc) is 2.72. The van der Waals surface area contributed by atoms with Gasteiger partial charge in [0.1, 0.15) is 0 Å². The maximum Gasteiger partial charge on any atom is 0.0136 e. The number of likely N-dealkylation sites (N-methyl/N-ethyl adjacent to an activating group) is 1. The predicted octanol–water partition coefficient (Wildman–Crippen LogP) is 3.49. The second-order valence-electron chi connectivity index (χ2n) is 5.77. The van der Waals surface area contributed by atoms with Crippen LogP contribution in [0.25, 0.3) is 0 Å². The van der Waals surface area contributed by atoms with Crippen molar-refractivity contribution in [2.45, 2.75) is 50.5 Å². The van der Waals surface area contributed by atoms with Crippen molar-refractivity contribution in [1.82, 2.24) is 5.32 Å². The van der Waals surface area contributed by atoms with Gasteiger partial charge >= 0.3 is 0 Å². The standard InChI is InChI=1S/C16H23N/c1-17-16(11-12-5-4-6-12)15-10-9-13-7-2-3-8-14(13)15/h2-3,7-8,12,15-17H,4-6,9-11H2,1H3. The molecule has 2 aliphatic carbocycles. The van der Waals surface area contributed by atoms with E-state index in [-0.39, 0.29) is 0 Å². The van der Waals surface area contributed by atoms with Gasteiger partial charge in [-0.2, -0.15) is 0 Å². The molecular weight excluding hydrogens is 206 g/mol. The summed E-state index contributed by atoms with van der Waals surface area (Å²) in [6.07, 6.45) is 8.40. The van der Waals surface area contributed by atoms with Gasteiger partial charge in [-0.25, -0.2) is 0 Å². The quantitative estimate of drug-likeness (QED) is 0.833. The predicted molar refractivity (Wildman–Crippen MR) is 72.3 cm³/mol. The SMILES string of the molecule is CNC(CC1CCC1)C1CCc2ccccc21.